The molecule has 0 fully saturated rings. The molecule has 0 radical (unpaired) electrons. The van der Waals surface area contributed by atoms with Gasteiger partial charge >= 0.3 is 0 Å². The molecule has 1 atom stereocenters. The van der Waals surface area contributed by atoms with Crippen LogP contribution in [0.25, 0.3) is 0 Å². The fraction of sp³-hybridized carbons (Fsp3) is 0.348. The normalized spacial score (nSPS) is 12.3. The monoisotopic (exact) mass is 379 g/mol. The maximum absolute atomic E-state index is 12.6. The first kappa shape index (κ1) is 21.4. The molecular formula is C23H29N3O2. The summed E-state index contributed by atoms with van der Waals surface area (Å²) in [6, 6.07) is 18.1. The van der Waals surface area contributed by atoms with Gasteiger partial charge in [0.1, 0.15) is 0 Å². The summed E-state index contributed by atoms with van der Waals surface area (Å²) in [5.74, 6) is -0.432. The van der Waals surface area contributed by atoms with Crippen LogP contribution in [0.15, 0.2) is 65.8 Å². The molecule has 0 spiro atoms. The highest BCUT2D eigenvalue weighted by Gasteiger charge is 2.19. The Morgan fingerprint density at radius 1 is 0.964 bits per heavy atom. The lowest BCUT2D eigenvalue weighted by Gasteiger charge is -2.18. The van der Waals surface area contributed by atoms with Crippen LogP contribution in [0.3, 0.4) is 0 Å². The highest BCUT2D eigenvalue weighted by Crippen LogP contribution is 2.17. The molecule has 2 aromatic carbocycles. The zero-order chi connectivity index (χ0) is 20.2. The Labute approximate surface area is 167 Å². The van der Waals surface area contributed by atoms with Crippen LogP contribution in [-0.2, 0) is 4.79 Å². The molecule has 2 amide bonds. The quantitative estimate of drug-likeness (QED) is 0.359. The van der Waals surface area contributed by atoms with Crippen molar-refractivity contribution in [3.63, 3.8) is 0 Å². The number of nitrogens with one attached hydrogen (secondary N) is 2. The van der Waals surface area contributed by atoms with Crippen molar-refractivity contribution < 1.29 is 9.59 Å². The average Bonchev–Trinajstić information content (AvgIpc) is 2.73. The largest absolute Gasteiger partial charge is 0.345 e. The highest BCUT2D eigenvalue weighted by atomic mass is 16.2. The minimum Gasteiger partial charge on any atom is -0.345 e. The van der Waals surface area contributed by atoms with E-state index in [1.54, 1.807) is 12.1 Å². The molecule has 2 N–H and O–H groups in total. The number of benzene rings is 2. The van der Waals surface area contributed by atoms with Crippen molar-refractivity contribution in [1.82, 2.24) is 10.7 Å². The summed E-state index contributed by atoms with van der Waals surface area (Å²) in [6.45, 7) is 4.07. The molecule has 5 nitrogen and oxygen atoms in total. The van der Waals surface area contributed by atoms with Crippen molar-refractivity contribution in [3.05, 3.63) is 71.8 Å². The summed E-state index contributed by atoms with van der Waals surface area (Å²) >= 11 is 0. The topological polar surface area (TPSA) is 70.6 Å². The van der Waals surface area contributed by atoms with Crippen LogP contribution in [-0.4, -0.2) is 17.5 Å². The molecule has 0 heterocycles. The van der Waals surface area contributed by atoms with Crippen LogP contribution in [0, 0.1) is 0 Å². The molecule has 0 bridgehead atoms. The molecule has 2 aromatic rings. The number of unbranched alkanes of at least 4 members (excludes halogenated alkanes) is 2. The first-order chi connectivity index (χ1) is 13.6. The summed E-state index contributed by atoms with van der Waals surface area (Å²) in [4.78, 5) is 25.0. The molecule has 28 heavy (non-hydrogen) atoms. The van der Waals surface area contributed by atoms with E-state index in [-0.39, 0.29) is 18.2 Å². The third kappa shape index (κ3) is 7.35. The van der Waals surface area contributed by atoms with Gasteiger partial charge in [0, 0.05) is 11.3 Å². The number of rotatable bonds is 10. The number of amides is 2. The molecule has 2 rings (SSSR count). The Morgan fingerprint density at radius 3 is 2.25 bits per heavy atom. The fourth-order valence-electron chi connectivity index (χ4n) is 2.84. The van der Waals surface area contributed by atoms with E-state index in [9.17, 15) is 9.59 Å². The molecule has 0 aliphatic carbocycles. The maximum Gasteiger partial charge on any atom is 0.251 e. The molecule has 0 saturated carbocycles. The second-order valence-corrected chi connectivity index (χ2v) is 6.85. The summed E-state index contributed by atoms with van der Waals surface area (Å²) in [5, 5.41) is 7.15. The molecular weight excluding hydrogens is 350 g/mol. The van der Waals surface area contributed by atoms with E-state index >= 15 is 0 Å². The lowest BCUT2D eigenvalue weighted by Crippen LogP contribution is -2.32. The van der Waals surface area contributed by atoms with Gasteiger partial charge in [0.15, 0.2) is 0 Å². The predicted molar refractivity (Wildman–Crippen MR) is 113 cm³/mol. The molecule has 0 aromatic heterocycles. The van der Waals surface area contributed by atoms with Crippen LogP contribution in [0.2, 0.25) is 0 Å². The van der Waals surface area contributed by atoms with Crippen LogP contribution in [0.1, 0.15) is 67.9 Å². The smallest absolute Gasteiger partial charge is 0.251 e. The van der Waals surface area contributed by atoms with E-state index in [2.05, 4.69) is 22.8 Å². The second kappa shape index (κ2) is 11.7. The standard InChI is InChI=1S/C23H29N3O2/c1-3-4-7-12-18(2)25-26-22(27)17-21(19-13-8-5-9-14-19)24-23(28)20-15-10-6-11-16-20/h5-6,8-11,13-16,21H,3-4,7,12,17H2,1-2H3,(H,24,28)(H,26,27). The second-order valence-electron chi connectivity index (χ2n) is 6.85. The molecule has 1 unspecified atom stereocenters. The van der Waals surface area contributed by atoms with Gasteiger partial charge in [-0.3, -0.25) is 9.59 Å². The van der Waals surface area contributed by atoms with Crippen LogP contribution >= 0.6 is 0 Å². The number of carbonyl (C=O) groups is 2. The number of carbonyl (C=O) groups excluding carboxylic acids is 2. The summed E-state index contributed by atoms with van der Waals surface area (Å²) in [6.07, 6.45) is 4.37. The minimum atomic E-state index is -0.426. The third-order valence-electron chi connectivity index (χ3n) is 4.45. The van der Waals surface area contributed by atoms with Crippen LogP contribution < -0.4 is 10.7 Å². The lowest BCUT2D eigenvalue weighted by molar-refractivity contribution is -0.121. The van der Waals surface area contributed by atoms with E-state index in [4.69, 9.17) is 0 Å². The van der Waals surface area contributed by atoms with E-state index < -0.39 is 6.04 Å². The third-order valence-corrected chi connectivity index (χ3v) is 4.45. The number of nitrogens with zero attached hydrogens (tertiary/aromatic N) is 1. The van der Waals surface area contributed by atoms with Crippen LogP contribution in [0.4, 0.5) is 0 Å². The SMILES string of the molecule is CCCCCC(C)=NNC(=O)CC(NC(=O)c1ccccc1)c1ccccc1. The van der Waals surface area contributed by atoms with E-state index in [0.717, 1.165) is 37.0 Å². The summed E-state index contributed by atoms with van der Waals surface area (Å²) in [5.41, 5.74) is 4.97. The molecule has 148 valence electrons. The van der Waals surface area contributed by atoms with Crippen molar-refractivity contribution in [2.24, 2.45) is 5.10 Å². The van der Waals surface area contributed by atoms with Gasteiger partial charge in [-0.15, -0.1) is 0 Å². The number of hydrogen-bond acceptors (Lipinski definition) is 3. The van der Waals surface area contributed by atoms with Crippen molar-refractivity contribution in [2.75, 3.05) is 0 Å². The van der Waals surface area contributed by atoms with E-state index in [1.807, 2.05) is 55.5 Å². The van der Waals surface area contributed by atoms with Gasteiger partial charge in [-0.05, 0) is 37.5 Å². The Morgan fingerprint density at radius 2 is 1.61 bits per heavy atom. The van der Waals surface area contributed by atoms with Crippen LogP contribution in [0.5, 0.6) is 0 Å². The zero-order valence-electron chi connectivity index (χ0n) is 16.7. The van der Waals surface area contributed by atoms with Gasteiger partial charge in [0.2, 0.25) is 5.91 Å². The first-order valence-corrected chi connectivity index (χ1v) is 9.83. The molecule has 0 saturated heterocycles. The molecule has 5 heteroatoms. The van der Waals surface area contributed by atoms with Gasteiger partial charge in [0.05, 0.1) is 12.5 Å². The first-order valence-electron chi connectivity index (χ1n) is 9.83. The molecule has 0 aliphatic rings. The Hall–Kier alpha value is -2.95. The average molecular weight is 380 g/mol. The van der Waals surface area contributed by atoms with Gasteiger partial charge in [-0.25, -0.2) is 5.43 Å². The van der Waals surface area contributed by atoms with E-state index in [0.29, 0.717) is 5.56 Å². The minimum absolute atomic E-state index is 0.119. The molecule has 0 aliphatic heterocycles. The van der Waals surface area contributed by atoms with Gasteiger partial charge < -0.3 is 5.32 Å². The van der Waals surface area contributed by atoms with Gasteiger partial charge in [-0.2, -0.15) is 5.10 Å². The van der Waals surface area contributed by atoms with Crippen molar-refractivity contribution in [2.45, 2.75) is 52.0 Å². The van der Waals surface area contributed by atoms with Gasteiger partial charge in [-0.1, -0.05) is 68.3 Å². The van der Waals surface area contributed by atoms with Crippen molar-refractivity contribution >= 4 is 17.5 Å². The van der Waals surface area contributed by atoms with E-state index in [1.165, 1.54) is 0 Å². The number of hydrazone groups is 1. The number of hydrogen-bond donors (Lipinski definition) is 2. The summed E-state index contributed by atoms with van der Waals surface area (Å²) < 4.78 is 0. The van der Waals surface area contributed by atoms with Crippen molar-refractivity contribution in [3.8, 4) is 0 Å². The van der Waals surface area contributed by atoms with Crippen molar-refractivity contribution in [1.29, 1.82) is 0 Å². The zero-order valence-corrected chi connectivity index (χ0v) is 16.7. The Kier molecular flexibility index (Phi) is 8.92. The maximum atomic E-state index is 12.6. The summed E-state index contributed by atoms with van der Waals surface area (Å²) in [7, 11) is 0. The highest BCUT2D eigenvalue weighted by molar-refractivity contribution is 5.94. The predicted octanol–water partition coefficient (Wildman–Crippen LogP) is 4.62. The Balaban J connectivity index is 2.01. The fourth-order valence-corrected chi connectivity index (χ4v) is 2.84. The lowest BCUT2D eigenvalue weighted by atomic mass is 10.0. The van der Waals surface area contributed by atoms with Gasteiger partial charge in [0.25, 0.3) is 5.91 Å². The Bertz CT molecular complexity index is 773.